The van der Waals surface area contributed by atoms with Crippen molar-refractivity contribution in [2.24, 2.45) is 0 Å². The molecule has 0 bridgehead atoms. The Morgan fingerprint density at radius 1 is 1.22 bits per heavy atom. The highest BCUT2D eigenvalue weighted by atomic mass is 35.5. The van der Waals surface area contributed by atoms with E-state index in [-0.39, 0.29) is 0 Å². The van der Waals surface area contributed by atoms with E-state index in [4.69, 9.17) is 21.1 Å². The lowest BCUT2D eigenvalue weighted by Gasteiger charge is -2.21. The first kappa shape index (κ1) is 11.8. The molecule has 0 amide bonds. The fourth-order valence-electron chi connectivity index (χ4n) is 1.91. The summed E-state index contributed by atoms with van der Waals surface area (Å²) in [5.74, 6) is 1.15. The van der Waals surface area contributed by atoms with Crippen molar-refractivity contribution in [3.63, 3.8) is 0 Å². The lowest BCUT2D eigenvalue weighted by Crippen LogP contribution is -2.16. The van der Waals surface area contributed by atoms with Crippen molar-refractivity contribution in [2.75, 3.05) is 13.2 Å². The van der Waals surface area contributed by atoms with Gasteiger partial charge in [0.25, 0.3) is 0 Å². The highest BCUT2D eigenvalue weighted by molar-refractivity contribution is 7.07. The normalized spacial score (nSPS) is 15.4. The second-order valence-corrected chi connectivity index (χ2v) is 5.17. The van der Waals surface area contributed by atoms with E-state index in [0.717, 1.165) is 5.56 Å². The van der Waals surface area contributed by atoms with Gasteiger partial charge in [-0.25, -0.2) is 0 Å². The number of hydrogen-bond acceptors (Lipinski definition) is 4. The van der Waals surface area contributed by atoms with Crippen LogP contribution < -0.4 is 9.47 Å². The molecule has 18 heavy (non-hydrogen) atoms. The van der Waals surface area contributed by atoms with Crippen molar-refractivity contribution in [1.82, 2.24) is 0 Å². The molecular formula is C13H11ClO3S. The molecule has 0 fully saturated rings. The van der Waals surface area contributed by atoms with Crippen molar-refractivity contribution in [1.29, 1.82) is 0 Å². The summed E-state index contributed by atoms with van der Waals surface area (Å²) in [7, 11) is 0. The zero-order valence-corrected chi connectivity index (χ0v) is 11.0. The van der Waals surface area contributed by atoms with E-state index in [0.29, 0.717) is 35.3 Å². The smallest absolute Gasteiger partial charge is 0.179 e. The minimum absolute atomic E-state index is 0.469. The van der Waals surface area contributed by atoms with Crippen LogP contribution in [0.25, 0.3) is 0 Å². The minimum atomic E-state index is -0.690. The number of rotatable bonds is 2. The van der Waals surface area contributed by atoms with Crippen LogP contribution in [0.1, 0.15) is 17.2 Å². The largest absolute Gasteiger partial charge is 0.486 e. The van der Waals surface area contributed by atoms with Crippen molar-refractivity contribution in [3.8, 4) is 11.5 Å². The Labute approximate surface area is 114 Å². The van der Waals surface area contributed by atoms with Crippen LogP contribution in [-0.4, -0.2) is 18.3 Å². The topological polar surface area (TPSA) is 38.7 Å². The molecule has 1 aliphatic rings. The van der Waals surface area contributed by atoms with Crippen LogP contribution in [-0.2, 0) is 0 Å². The Hall–Kier alpha value is -1.23. The van der Waals surface area contributed by atoms with Crippen LogP contribution in [0.3, 0.4) is 0 Å². The summed E-state index contributed by atoms with van der Waals surface area (Å²) >= 11 is 7.69. The zero-order chi connectivity index (χ0) is 12.5. The Bertz CT molecular complexity index is 554. The summed E-state index contributed by atoms with van der Waals surface area (Å²) < 4.78 is 10.9. The average Bonchev–Trinajstić information content (AvgIpc) is 2.91. The van der Waals surface area contributed by atoms with Crippen molar-refractivity contribution in [2.45, 2.75) is 6.10 Å². The molecule has 0 saturated carbocycles. The van der Waals surface area contributed by atoms with Gasteiger partial charge in [-0.3, -0.25) is 0 Å². The molecule has 2 heterocycles. The molecule has 0 spiro atoms. The highest BCUT2D eigenvalue weighted by Crippen LogP contribution is 2.40. The third-order valence-electron chi connectivity index (χ3n) is 2.79. The van der Waals surface area contributed by atoms with E-state index >= 15 is 0 Å². The molecule has 1 aromatic heterocycles. The second kappa shape index (κ2) is 4.80. The Morgan fingerprint density at radius 3 is 2.83 bits per heavy atom. The minimum Gasteiger partial charge on any atom is -0.486 e. The van der Waals surface area contributed by atoms with Gasteiger partial charge < -0.3 is 14.6 Å². The summed E-state index contributed by atoms with van der Waals surface area (Å²) in [5.41, 5.74) is 1.57. The third kappa shape index (κ3) is 2.07. The summed E-state index contributed by atoms with van der Waals surface area (Å²) in [6.45, 7) is 1.00. The molecule has 3 rings (SSSR count). The average molecular weight is 283 g/mol. The van der Waals surface area contributed by atoms with Gasteiger partial charge in [-0.1, -0.05) is 11.6 Å². The maximum atomic E-state index is 10.3. The van der Waals surface area contributed by atoms with Crippen LogP contribution in [0, 0.1) is 0 Å². The standard InChI is InChI=1S/C13H11ClO3S/c14-10-5-9(12(15)8-1-4-18-7-8)6-11-13(10)17-3-2-16-11/h1,4-7,12,15H,2-3H2. The number of fused-ring (bicyclic) bond motifs is 1. The first-order valence-electron chi connectivity index (χ1n) is 5.55. The van der Waals surface area contributed by atoms with E-state index in [2.05, 4.69) is 0 Å². The summed E-state index contributed by atoms with van der Waals surface area (Å²) in [6.07, 6.45) is -0.690. The molecule has 0 saturated heterocycles. The van der Waals surface area contributed by atoms with Crippen molar-refractivity contribution in [3.05, 3.63) is 45.1 Å². The molecule has 94 valence electrons. The number of halogens is 1. The van der Waals surface area contributed by atoms with Gasteiger partial charge in [-0.05, 0) is 40.1 Å². The highest BCUT2D eigenvalue weighted by Gasteiger charge is 2.20. The Kier molecular flexibility index (Phi) is 3.16. The van der Waals surface area contributed by atoms with Gasteiger partial charge in [0.1, 0.15) is 19.3 Å². The summed E-state index contributed by atoms with van der Waals surface area (Å²) in [4.78, 5) is 0. The molecule has 0 radical (unpaired) electrons. The van der Waals surface area contributed by atoms with Gasteiger partial charge in [-0.15, -0.1) is 0 Å². The first-order chi connectivity index (χ1) is 8.75. The number of benzene rings is 1. The van der Waals surface area contributed by atoms with Crippen LogP contribution in [0.5, 0.6) is 11.5 Å². The van der Waals surface area contributed by atoms with E-state index < -0.39 is 6.10 Å². The van der Waals surface area contributed by atoms with Gasteiger partial charge in [0, 0.05) is 0 Å². The predicted molar refractivity (Wildman–Crippen MR) is 70.8 cm³/mol. The van der Waals surface area contributed by atoms with Gasteiger partial charge in [0.2, 0.25) is 0 Å². The number of aliphatic hydroxyl groups is 1. The summed E-state index contributed by atoms with van der Waals surface area (Å²) in [5, 5.41) is 14.6. The fourth-order valence-corrected chi connectivity index (χ4v) is 2.86. The Morgan fingerprint density at radius 2 is 2.06 bits per heavy atom. The van der Waals surface area contributed by atoms with E-state index in [9.17, 15) is 5.11 Å². The molecule has 3 nitrogen and oxygen atoms in total. The van der Waals surface area contributed by atoms with Gasteiger partial charge >= 0.3 is 0 Å². The van der Waals surface area contributed by atoms with E-state index in [1.54, 1.807) is 23.5 Å². The molecule has 1 unspecified atom stereocenters. The molecular weight excluding hydrogens is 272 g/mol. The molecule has 1 aliphatic heterocycles. The van der Waals surface area contributed by atoms with E-state index in [1.165, 1.54) is 0 Å². The lowest BCUT2D eigenvalue weighted by molar-refractivity contribution is 0.170. The molecule has 5 heteroatoms. The molecule has 2 aromatic rings. The van der Waals surface area contributed by atoms with Gasteiger partial charge in [-0.2, -0.15) is 11.3 Å². The van der Waals surface area contributed by atoms with Crippen molar-refractivity contribution >= 4 is 22.9 Å². The molecule has 0 aliphatic carbocycles. The maximum absolute atomic E-state index is 10.3. The van der Waals surface area contributed by atoms with E-state index in [1.807, 2.05) is 16.8 Å². The number of hydrogen-bond donors (Lipinski definition) is 1. The quantitative estimate of drug-likeness (QED) is 0.919. The zero-order valence-electron chi connectivity index (χ0n) is 9.43. The number of thiophene rings is 1. The second-order valence-electron chi connectivity index (χ2n) is 3.99. The van der Waals surface area contributed by atoms with Crippen LogP contribution in [0.4, 0.5) is 0 Å². The molecule has 1 aromatic carbocycles. The van der Waals surface area contributed by atoms with Gasteiger partial charge in [0.05, 0.1) is 5.02 Å². The molecule has 1 atom stereocenters. The number of ether oxygens (including phenoxy) is 2. The Balaban J connectivity index is 2.00. The first-order valence-corrected chi connectivity index (χ1v) is 6.87. The van der Waals surface area contributed by atoms with Crippen LogP contribution >= 0.6 is 22.9 Å². The van der Waals surface area contributed by atoms with Crippen LogP contribution in [0.2, 0.25) is 5.02 Å². The number of aliphatic hydroxyl groups excluding tert-OH is 1. The monoisotopic (exact) mass is 282 g/mol. The predicted octanol–water partition coefficient (Wildman–Crippen LogP) is 3.25. The maximum Gasteiger partial charge on any atom is 0.179 e. The lowest BCUT2D eigenvalue weighted by atomic mass is 10.0. The van der Waals surface area contributed by atoms with Gasteiger partial charge in [0.15, 0.2) is 11.5 Å². The molecule has 1 N–H and O–H groups in total. The summed E-state index contributed by atoms with van der Waals surface area (Å²) in [6, 6.07) is 5.39. The fraction of sp³-hybridized carbons (Fsp3) is 0.231. The van der Waals surface area contributed by atoms with Crippen molar-refractivity contribution < 1.29 is 14.6 Å². The SMILES string of the molecule is OC(c1ccsc1)c1cc(Cl)c2c(c1)OCCO2. The third-order valence-corrected chi connectivity index (χ3v) is 3.78. The van der Waals surface area contributed by atoms with Crippen LogP contribution in [0.15, 0.2) is 29.0 Å².